The molecule has 1 fully saturated rings. The Morgan fingerprint density at radius 3 is 2.72 bits per heavy atom. The second kappa shape index (κ2) is 7.83. The summed E-state index contributed by atoms with van der Waals surface area (Å²) in [5.41, 5.74) is 0.588. The molecule has 9 heteroatoms. The number of nitrogens with one attached hydrogen (secondary N) is 1. The maximum absolute atomic E-state index is 12.7. The lowest BCUT2D eigenvalue weighted by molar-refractivity contribution is -0.160. The molecule has 0 spiro atoms. The number of benzene rings is 1. The third-order valence-corrected chi connectivity index (χ3v) is 5.17. The zero-order valence-corrected chi connectivity index (χ0v) is 15.0. The van der Waals surface area contributed by atoms with Crippen LogP contribution in [0, 0.1) is 0 Å². The van der Waals surface area contributed by atoms with Crippen LogP contribution in [0.1, 0.15) is 30.6 Å². The van der Waals surface area contributed by atoms with Crippen molar-refractivity contribution >= 4 is 27.6 Å². The van der Waals surface area contributed by atoms with Gasteiger partial charge >= 0.3 is 5.97 Å². The van der Waals surface area contributed by atoms with Crippen LogP contribution >= 0.6 is 0 Å². The van der Waals surface area contributed by atoms with Gasteiger partial charge in [0.05, 0.1) is 18.4 Å². The Morgan fingerprint density at radius 1 is 1.36 bits per heavy atom. The summed E-state index contributed by atoms with van der Waals surface area (Å²) in [7, 11) is -3.45. The van der Waals surface area contributed by atoms with Crippen molar-refractivity contribution in [3.63, 3.8) is 0 Å². The molecule has 1 aromatic rings. The number of carbonyl (C=O) groups excluding carboxylic acids is 1. The van der Waals surface area contributed by atoms with E-state index in [9.17, 15) is 18.0 Å². The first-order valence-corrected chi connectivity index (χ1v) is 9.65. The van der Waals surface area contributed by atoms with Crippen molar-refractivity contribution in [2.75, 3.05) is 23.6 Å². The van der Waals surface area contributed by atoms with Crippen LogP contribution < -0.4 is 4.72 Å². The maximum atomic E-state index is 12.7. The van der Waals surface area contributed by atoms with Gasteiger partial charge in [0, 0.05) is 17.8 Å². The Labute approximate surface area is 146 Å². The first-order valence-electron chi connectivity index (χ1n) is 8.00. The number of rotatable bonds is 6. The van der Waals surface area contributed by atoms with E-state index >= 15 is 0 Å². The Balaban J connectivity index is 2.16. The summed E-state index contributed by atoms with van der Waals surface area (Å²) in [6, 6.07) is 6.16. The Bertz CT molecular complexity index is 749. The first-order chi connectivity index (χ1) is 11.7. The summed E-state index contributed by atoms with van der Waals surface area (Å²) in [4.78, 5) is 25.2. The van der Waals surface area contributed by atoms with E-state index < -0.39 is 28.2 Å². The molecule has 2 N–H and O–H groups in total. The topological polar surface area (TPSA) is 113 Å². The maximum Gasteiger partial charge on any atom is 0.334 e. The Kier molecular flexibility index (Phi) is 6.02. The van der Waals surface area contributed by atoms with Crippen molar-refractivity contribution in [2.24, 2.45) is 0 Å². The molecular weight excluding hydrogens is 348 g/mol. The van der Waals surface area contributed by atoms with E-state index in [4.69, 9.17) is 9.84 Å². The Morgan fingerprint density at radius 2 is 2.08 bits per heavy atom. The second-order valence-electron chi connectivity index (χ2n) is 5.99. The predicted octanol–water partition coefficient (Wildman–Crippen LogP) is 1.15. The fourth-order valence-corrected chi connectivity index (χ4v) is 3.78. The average Bonchev–Trinajstić information content (AvgIpc) is 2.53. The van der Waals surface area contributed by atoms with Crippen molar-refractivity contribution in [1.82, 2.24) is 4.90 Å². The summed E-state index contributed by atoms with van der Waals surface area (Å²) in [5.74, 6) is -1.49. The van der Waals surface area contributed by atoms with Crippen molar-refractivity contribution in [3.05, 3.63) is 29.8 Å². The molecule has 2 atom stereocenters. The van der Waals surface area contributed by atoms with Gasteiger partial charge in [-0.1, -0.05) is 13.0 Å². The summed E-state index contributed by atoms with van der Waals surface area (Å²) in [6.07, 6.45) is -0.986. The van der Waals surface area contributed by atoms with Crippen molar-refractivity contribution < 1.29 is 27.9 Å². The minimum Gasteiger partial charge on any atom is -0.479 e. The highest BCUT2D eigenvalue weighted by atomic mass is 32.2. The summed E-state index contributed by atoms with van der Waals surface area (Å²) in [5, 5.41) is 9.11. The zero-order valence-electron chi connectivity index (χ0n) is 14.1. The normalized spacial score (nSPS) is 21.0. The number of hydrogen-bond donors (Lipinski definition) is 2. The summed E-state index contributed by atoms with van der Waals surface area (Å²) >= 11 is 0. The van der Waals surface area contributed by atoms with E-state index in [1.165, 1.54) is 11.0 Å². The first kappa shape index (κ1) is 19.2. The van der Waals surface area contributed by atoms with Gasteiger partial charge in [0.2, 0.25) is 10.0 Å². The highest BCUT2D eigenvalue weighted by Crippen LogP contribution is 2.18. The number of aliphatic carboxylic acids is 1. The Hall–Kier alpha value is -2.13. The van der Waals surface area contributed by atoms with Crippen LogP contribution in [0.3, 0.4) is 0 Å². The fourth-order valence-electron chi connectivity index (χ4n) is 2.65. The lowest BCUT2D eigenvalue weighted by Gasteiger charge is -2.35. The van der Waals surface area contributed by atoms with Crippen LogP contribution in [0.4, 0.5) is 5.69 Å². The molecule has 1 aliphatic heterocycles. The van der Waals surface area contributed by atoms with Gasteiger partial charge in [-0.15, -0.1) is 0 Å². The number of anilines is 1. The molecule has 1 aromatic carbocycles. The summed E-state index contributed by atoms with van der Waals surface area (Å²) in [6.45, 7) is 3.68. The van der Waals surface area contributed by atoms with Gasteiger partial charge in [-0.2, -0.15) is 0 Å². The van der Waals surface area contributed by atoms with Crippen LogP contribution in [0.5, 0.6) is 0 Å². The highest BCUT2D eigenvalue weighted by molar-refractivity contribution is 7.92. The number of carbonyl (C=O) groups is 2. The van der Waals surface area contributed by atoms with Crippen LogP contribution in [-0.4, -0.2) is 61.4 Å². The smallest absolute Gasteiger partial charge is 0.334 e. The number of carboxylic acid groups (broad SMARTS) is 1. The van der Waals surface area contributed by atoms with Crippen LogP contribution in [-0.2, 0) is 19.6 Å². The van der Waals surface area contributed by atoms with Crippen LogP contribution in [0.15, 0.2) is 24.3 Å². The standard InChI is InChI=1S/C16H22N2O6S/c1-3-7-25(22,23)17-13-6-4-5-12(8-13)15(19)18-9-11(2)24-14(10-18)16(20)21/h4-6,8,11,14,17H,3,7,9-10H2,1-2H3,(H,20,21)/t11-,14?/m1/s1. The molecule has 2 rings (SSSR count). The van der Waals surface area contributed by atoms with Gasteiger partial charge in [-0.3, -0.25) is 9.52 Å². The molecule has 8 nitrogen and oxygen atoms in total. The highest BCUT2D eigenvalue weighted by Gasteiger charge is 2.33. The lowest BCUT2D eigenvalue weighted by Crippen LogP contribution is -2.51. The molecular formula is C16H22N2O6S. The molecule has 1 unspecified atom stereocenters. The van der Waals surface area contributed by atoms with Gasteiger partial charge in [-0.05, 0) is 31.5 Å². The van der Waals surface area contributed by atoms with Gasteiger partial charge in [0.15, 0.2) is 6.10 Å². The summed E-state index contributed by atoms with van der Waals surface area (Å²) < 4.78 is 31.4. The number of carboxylic acids is 1. The number of amides is 1. The van der Waals surface area contributed by atoms with Crippen LogP contribution in [0.2, 0.25) is 0 Å². The van der Waals surface area contributed by atoms with Gasteiger partial charge in [0.25, 0.3) is 5.91 Å². The van der Waals surface area contributed by atoms with Gasteiger partial charge in [-0.25, -0.2) is 13.2 Å². The zero-order chi connectivity index (χ0) is 18.6. The van der Waals surface area contributed by atoms with Gasteiger partial charge in [0.1, 0.15) is 0 Å². The van der Waals surface area contributed by atoms with Crippen molar-refractivity contribution in [1.29, 1.82) is 0 Å². The van der Waals surface area contributed by atoms with E-state index in [2.05, 4.69) is 4.72 Å². The fraction of sp³-hybridized carbons (Fsp3) is 0.500. The number of nitrogens with zero attached hydrogens (tertiary/aromatic N) is 1. The number of morpholine rings is 1. The minimum atomic E-state index is -3.45. The van der Waals surface area contributed by atoms with E-state index in [1.54, 1.807) is 32.0 Å². The van der Waals surface area contributed by atoms with Crippen LogP contribution in [0.25, 0.3) is 0 Å². The molecule has 0 saturated carbocycles. The molecule has 1 saturated heterocycles. The molecule has 138 valence electrons. The largest absolute Gasteiger partial charge is 0.479 e. The lowest BCUT2D eigenvalue weighted by atomic mass is 10.1. The second-order valence-corrected chi connectivity index (χ2v) is 7.83. The van der Waals surface area contributed by atoms with E-state index in [-0.39, 0.29) is 30.3 Å². The quantitative estimate of drug-likeness (QED) is 0.777. The number of ether oxygens (including phenoxy) is 1. The molecule has 0 aromatic heterocycles. The molecule has 0 bridgehead atoms. The third kappa shape index (κ3) is 5.17. The van der Waals surface area contributed by atoms with Crippen molar-refractivity contribution in [3.8, 4) is 0 Å². The molecule has 1 aliphatic rings. The minimum absolute atomic E-state index is 0.00750. The molecule has 0 aliphatic carbocycles. The average molecular weight is 370 g/mol. The van der Waals surface area contributed by atoms with Gasteiger partial charge < -0.3 is 14.7 Å². The molecule has 1 amide bonds. The number of sulfonamides is 1. The predicted molar refractivity (Wildman–Crippen MR) is 92.0 cm³/mol. The number of hydrogen-bond acceptors (Lipinski definition) is 5. The van der Waals surface area contributed by atoms with E-state index in [0.29, 0.717) is 12.1 Å². The third-order valence-electron chi connectivity index (χ3n) is 3.68. The molecule has 1 heterocycles. The molecule has 25 heavy (non-hydrogen) atoms. The van der Waals surface area contributed by atoms with Crippen molar-refractivity contribution in [2.45, 2.75) is 32.5 Å². The van der Waals surface area contributed by atoms with E-state index in [0.717, 1.165) is 0 Å². The van der Waals surface area contributed by atoms with E-state index in [1.807, 2.05) is 0 Å². The molecule has 0 radical (unpaired) electrons. The monoisotopic (exact) mass is 370 g/mol. The SMILES string of the molecule is CCCS(=O)(=O)Nc1cccc(C(=O)N2CC(C(=O)O)O[C@H](C)C2)c1.